The fraction of sp³-hybridized carbons (Fsp3) is 0.267. The second-order valence-corrected chi connectivity index (χ2v) is 5.60. The standard InChI is InChI=1S/C15H16N2O4S/c1-10-17-13(9-22-10)11-3-2-4-12(7-11)15(20)16-5-6-21-8-14(18)19/h2-4,7,9H,5-6,8H2,1H3,(H,16,20)(H,18,19). The summed E-state index contributed by atoms with van der Waals surface area (Å²) < 4.78 is 4.85. The number of hydrogen-bond acceptors (Lipinski definition) is 5. The van der Waals surface area contributed by atoms with Gasteiger partial charge in [-0.25, -0.2) is 9.78 Å². The third kappa shape index (κ3) is 4.64. The number of carbonyl (C=O) groups is 2. The largest absolute Gasteiger partial charge is 0.480 e. The monoisotopic (exact) mass is 320 g/mol. The van der Waals surface area contributed by atoms with Gasteiger partial charge < -0.3 is 15.2 Å². The molecule has 1 heterocycles. The first kappa shape index (κ1) is 16.1. The van der Waals surface area contributed by atoms with Crippen LogP contribution in [0.15, 0.2) is 29.6 Å². The van der Waals surface area contributed by atoms with Crippen molar-refractivity contribution in [1.29, 1.82) is 0 Å². The molecule has 0 bridgehead atoms. The Morgan fingerprint density at radius 1 is 1.41 bits per heavy atom. The van der Waals surface area contributed by atoms with Gasteiger partial charge in [0.1, 0.15) is 6.61 Å². The van der Waals surface area contributed by atoms with E-state index in [2.05, 4.69) is 10.3 Å². The molecule has 0 atom stereocenters. The van der Waals surface area contributed by atoms with Gasteiger partial charge >= 0.3 is 5.97 Å². The van der Waals surface area contributed by atoms with Gasteiger partial charge in [0.15, 0.2) is 0 Å². The number of aryl methyl sites for hydroxylation is 1. The van der Waals surface area contributed by atoms with Crippen molar-refractivity contribution in [3.63, 3.8) is 0 Å². The number of aliphatic carboxylic acids is 1. The van der Waals surface area contributed by atoms with Crippen LogP contribution in [0.5, 0.6) is 0 Å². The normalized spacial score (nSPS) is 10.4. The Balaban J connectivity index is 1.92. The van der Waals surface area contributed by atoms with Crippen LogP contribution in [0.4, 0.5) is 0 Å². The van der Waals surface area contributed by atoms with Crippen LogP contribution in [-0.2, 0) is 9.53 Å². The minimum absolute atomic E-state index is 0.156. The van der Waals surface area contributed by atoms with Gasteiger partial charge in [0.2, 0.25) is 0 Å². The van der Waals surface area contributed by atoms with Gasteiger partial charge in [-0.3, -0.25) is 4.79 Å². The number of nitrogens with one attached hydrogen (secondary N) is 1. The number of carboxylic acids is 1. The molecule has 1 aromatic heterocycles. The van der Waals surface area contributed by atoms with Gasteiger partial charge in [0.25, 0.3) is 5.91 Å². The van der Waals surface area contributed by atoms with Crippen molar-refractivity contribution in [2.45, 2.75) is 6.92 Å². The molecule has 1 amide bonds. The van der Waals surface area contributed by atoms with Gasteiger partial charge in [-0.05, 0) is 19.1 Å². The van der Waals surface area contributed by atoms with E-state index in [-0.39, 0.29) is 25.7 Å². The van der Waals surface area contributed by atoms with Crippen LogP contribution in [0.2, 0.25) is 0 Å². The molecule has 0 aliphatic rings. The second kappa shape index (κ2) is 7.67. The lowest BCUT2D eigenvalue weighted by Crippen LogP contribution is -2.27. The van der Waals surface area contributed by atoms with Crippen molar-refractivity contribution < 1.29 is 19.4 Å². The molecule has 2 rings (SSSR count). The fourth-order valence-corrected chi connectivity index (χ4v) is 2.44. The molecule has 0 fully saturated rings. The highest BCUT2D eigenvalue weighted by atomic mass is 32.1. The summed E-state index contributed by atoms with van der Waals surface area (Å²) in [5.74, 6) is -1.26. The lowest BCUT2D eigenvalue weighted by atomic mass is 10.1. The van der Waals surface area contributed by atoms with Gasteiger partial charge in [-0.1, -0.05) is 12.1 Å². The first-order valence-electron chi connectivity index (χ1n) is 6.66. The SMILES string of the molecule is Cc1nc(-c2cccc(C(=O)NCCOCC(=O)O)c2)cs1. The van der Waals surface area contributed by atoms with Crippen LogP contribution in [0.25, 0.3) is 11.3 Å². The first-order valence-corrected chi connectivity index (χ1v) is 7.54. The Morgan fingerprint density at radius 2 is 2.23 bits per heavy atom. The van der Waals surface area contributed by atoms with Crippen LogP contribution in [0.3, 0.4) is 0 Å². The van der Waals surface area contributed by atoms with Crippen molar-refractivity contribution in [2.75, 3.05) is 19.8 Å². The number of carboxylic acid groups (broad SMARTS) is 1. The smallest absolute Gasteiger partial charge is 0.329 e. The minimum atomic E-state index is -1.03. The number of amides is 1. The molecule has 1 aromatic carbocycles. The van der Waals surface area contributed by atoms with Gasteiger partial charge in [0, 0.05) is 23.1 Å². The molecule has 0 spiro atoms. The van der Waals surface area contributed by atoms with E-state index < -0.39 is 5.97 Å². The van der Waals surface area contributed by atoms with E-state index in [4.69, 9.17) is 9.84 Å². The molecule has 0 saturated heterocycles. The van der Waals surface area contributed by atoms with Crippen molar-refractivity contribution in [3.05, 3.63) is 40.2 Å². The number of ether oxygens (including phenoxy) is 1. The molecule has 7 heteroatoms. The average Bonchev–Trinajstić information content (AvgIpc) is 2.93. The van der Waals surface area contributed by atoms with E-state index in [1.807, 2.05) is 18.4 Å². The predicted molar refractivity (Wildman–Crippen MR) is 83.1 cm³/mol. The number of benzene rings is 1. The maximum absolute atomic E-state index is 12.0. The topological polar surface area (TPSA) is 88.5 Å². The van der Waals surface area contributed by atoms with Crippen molar-refractivity contribution >= 4 is 23.2 Å². The maximum Gasteiger partial charge on any atom is 0.329 e. The molecule has 0 aliphatic heterocycles. The molecule has 0 radical (unpaired) electrons. The Morgan fingerprint density at radius 3 is 2.91 bits per heavy atom. The summed E-state index contributed by atoms with van der Waals surface area (Å²) in [6.07, 6.45) is 0. The zero-order valence-electron chi connectivity index (χ0n) is 12.0. The van der Waals surface area contributed by atoms with Crippen LogP contribution in [0, 0.1) is 6.92 Å². The van der Waals surface area contributed by atoms with E-state index in [1.54, 1.807) is 29.5 Å². The Bertz CT molecular complexity index is 669. The summed E-state index contributed by atoms with van der Waals surface area (Å²) in [5, 5.41) is 14.0. The highest BCUT2D eigenvalue weighted by Crippen LogP contribution is 2.22. The zero-order valence-corrected chi connectivity index (χ0v) is 12.9. The van der Waals surface area contributed by atoms with Crippen LogP contribution in [0.1, 0.15) is 15.4 Å². The van der Waals surface area contributed by atoms with Crippen LogP contribution < -0.4 is 5.32 Å². The molecule has 22 heavy (non-hydrogen) atoms. The summed E-state index contributed by atoms with van der Waals surface area (Å²) in [6.45, 7) is 1.98. The summed E-state index contributed by atoms with van der Waals surface area (Å²) >= 11 is 1.56. The average molecular weight is 320 g/mol. The molecule has 0 aliphatic carbocycles. The van der Waals surface area contributed by atoms with Crippen molar-refractivity contribution in [3.8, 4) is 11.3 Å². The quantitative estimate of drug-likeness (QED) is 0.761. The predicted octanol–water partition coefficient (Wildman–Crippen LogP) is 1.95. The number of thiazole rings is 1. The lowest BCUT2D eigenvalue weighted by Gasteiger charge is -2.06. The Labute approximate surface area is 131 Å². The second-order valence-electron chi connectivity index (χ2n) is 4.53. The summed E-state index contributed by atoms with van der Waals surface area (Å²) in [4.78, 5) is 26.7. The Hall–Kier alpha value is -2.25. The van der Waals surface area contributed by atoms with Crippen molar-refractivity contribution in [1.82, 2.24) is 10.3 Å². The van der Waals surface area contributed by atoms with Gasteiger partial charge in [-0.15, -0.1) is 11.3 Å². The molecular formula is C15H16N2O4S. The highest BCUT2D eigenvalue weighted by Gasteiger charge is 2.08. The summed E-state index contributed by atoms with van der Waals surface area (Å²) in [6, 6.07) is 7.21. The first-order chi connectivity index (χ1) is 10.6. The number of rotatable bonds is 7. The van der Waals surface area contributed by atoms with E-state index in [0.717, 1.165) is 16.3 Å². The number of hydrogen-bond donors (Lipinski definition) is 2. The maximum atomic E-state index is 12.0. The molecular weight excluding hydrogens is 304 g/mol. The lowest BCUT2D eigenvalue weighted by molar-refractivity contribution is -0.142. The molecule has 0 saturated carbocycles. The third-order valence-corrected chi connectivity index (χ3v) is 3.57. The molecule has 6 nitrogen and oxygen atoms in total. The van der Waals surface area contributed by atoms with E-state index in [1.165, 1.54) is 0 Å². The zero-order chi connectivity index (χ0) is 15.9. The number of nitrogens with zero attached hydrogens (tertiary/aromatic N) is 1. The van der Waals surface area contributed by atoms with Crippen LogP contribution >= 0.6 is 11.3 Å². The van der Waals surface area contributed by atoms with Gasteiger partial charge in [-0.2, -0.15) is 0 Å². The summed E-state index contributed by atoms with van der Waals surface area (Å²) in [5.41, 5.74) is 2.27. The molecule has 2 N–H and O–H groups in total. The number of carbonyl (C=O) groups excluding carboxylic acids is 1. The number of aromatic nitrogens is 1. The van der Waals surface area contributed by atoms with E-state index in [0.29, 0.717) is 5.56 Å². The van der Waals surface area contributed by atoms with Crippen molar-refractivity contribution in [2.24, 2.45) is 0 Å². The third-order valence-electron chi connectivity index (χ3n) is 2.80. The fourth-order valence-electron chi connectivity index (χ4n) is 1.81. The van der Waals surface area contributed by atoms with Crippen LogP contribution in [-0.4, -0.2) is 41.7 Å². The Kier molecular flexibility index (Phi) is 5.62. The highest BCUT2D eigenvalue weighted by molar-refractivity contribution is 7.09. The van der Waals surface area contributed by atoms with Gasteiger partial charge in [0.05, 0.1) is 17.3 Å². The van der Waals surface area contributed by atoms with E-state index >= 15 is 0 Å². The van der Waals surface area contributed by atoms with E-state index in [9.17, 15) is 9.59 Å². The molecule has 2 aromatic rings. The molecule has 116 valence electrons. The summed E-state index contributed by atoms with van der Waals surface area (Å²) in [7, 11) is 0. The molecule has 0 unspecified atom stereocenters. The minimum Gasteiger partial charge on any atom is -0.480 e.